The van der Waals surface area contributed by atoms with Crippen molar-refractivity contribution >= 4 is 23.5 Å². The first-order valence-electron chi connectivity index (χ1n) is 6.83. The van der Waals surface area contributed by atoms with E-state index in [9.17, 15) is 9.59 Å². The number of carbonyl (C=O) groups is 2. The van der Waals surface area contributed by atoms with Gasteiger partial charge in [-0.25, -0.2) is 0 Å². The van der Waals surface area contributed by atoms with Crippen molar-refractivity contribution in [2.24, 2.45) is 5.92 Å². The monoisotopic (exact) mass is 311 g/mol. The van der Waals surface area contributed by atoms with Gasteiger partial charge in [0.25, 0.3) is 5.91 Å². The lowest BCUT2D eigenvalue weighted by Crippen LogP contribution is -2.36. The summed E-state index contributed by atoms with van der Waals surface area (Å²) in [6.07, 6.45) is 0.501. The van der Waals surface area contributed by atoms with Gasteiger partial charge >= 0.3 is 5.97 Å². The number of nitrogens with one attached hydrogen (secondary N) is 1. The van der Waals surface area contributed by atoms with E-state index >= 15 is 0 Å². The average Bonchev–Trinajstić information content (AvgIpc) is 2.43. The highest BCUT2D eigenvalue weighted by Crippen LogP contribution is 2.30. The van der Waals surface area contributed by atoms with Gasteiger partial charge in [-0.3, -0.25) is 9.59 Å². The first-order valence-corrected chi connectivity index (χ1v) is 7.20. The van der Waals surface area contributed by atoms with Crippen molar-refractivity contribution in [3.63, 3.8) is 0 Å². The third-order valence-electron chi connectivity index (χ3n) is 3.06. The predicted molar refractivity (Wildman–Crippen MR) is 78.4 cm³/mol. The summed E-state index contributed by atoms with van der Waals surface area (Å²) < 4.78 is 10.5. The Hall–Kier alpha value is -1.75. The maximum Gasteiger partial charge on any atom is 0.313 e. The molecule has 1 amide bonds. The molecule has 0 aromatic heterocycles. The lowest BCUT2D eigenvalue weighted by Gasteiger charge is -2.24. The van der Waals surface area contributed by atoms with E-state index in [0.717, 1.165) is 11.3 Å². The van der Waals surface area contributed by atoms with Crippen molar-refractivity contribution in [3.05, 3.63) is 28.8 Å². The van der Waals surface area contributed by atoms with Crippen molar-refractivity contribution in [1.29, 1.82) is 0 Å². The molecule has 1 atom stereocenters. The van der Waals surface area contributed by atoms with Gasteiger partial charge in [0.15, 0.2) is 6.61 Å². The number of hydrogen-bond acceptors (Lipinski definition) is 4. The van der Waals surface area contributed by atoms with Gasteiger partial charge in [0, 0.05) is 11.1 Å². The first-order chi connectivity index (χ1) is 9.95. The van der Waals surface area contributed by atoms with Gasteiger partial charge in [0.1, 0.15) is 12.4 Å². The Morgan fingerprint density at radius 2 is 2.24 bits per heavy atom. The lowest BCUT2D eigenvalue weighted by atomic mass is 9.97. The predicted octanol–water partition coefficient (Wildman–Crippen LogP) is 1.96. The molecule has 1 aromatic carbocycles. The largest absolute Gasteiger partial charge is 0.492 e. The van der Waals surface area contributed by atoms with Crippen LogP contribution in [0, 0.1) is 5.92 Å². The van der Waals surface area contributed by atoms with Crippen molar-refractivity contribution in [2.75, 3.05) is 13.2 Å². The summed E-state index contributed by atoms with van der Waals surface area (Å²) in [5.74, 6) is -0.415. The molecule has 1 N–H and O–H groups in total. The number of esters is 1. The molecule has 0 saturated heterocycles. The van der Waals surface area contributed by atoms with Crippen LogP contribution in [-0.4, -0.2) is 31.1 Å². The molecule has 1 heterocycles. The normalized spacial score (nSPS) is 16.9. The molecule has 6 heteroatoms. The Kier molecular flexibility index (Phi) is 5.07. The summed E-state index contributed by atoms with van der Waals surface area (Å²) in [6, 6.07) is 5.33. The minimum atomic E-state index is -0.431. The molecule has 1 aliphatic heterocycles. The second kappa shape index (κ2) is 6.80. The number of rotatable bonds is 4. The van der Waals surface area contributed by atoms with Crippen LogP contribution >= 0.6 is 11.6 Å². The van der Waals surface area contributed by atoms with Gasteiger partial charge < -0.3 is 14.8 Å². The molecule has 114 valence electrons. The maximum absolute atomic E-state index is 12.0. The van der Waals surface area contributed by atoms with Crippen LogP contribution in [0.3, 0.4) is 0 Å². The van der Waals surface area contributed by atoms with Crippen LogP contribution in [0.25, 0.3) is 0 Å². The molecular formula is C15H18ClNO4. The van der Waals surface area contributed by atoms with E-state index < -0.39 is 11.9 Å². The van der Waals surface area contributed by atoms with Crippen LogP contribution in [0.5, 0.6) is 5.75 Å². The van der Waals surface area contributed by atoms with E-state index in [-0.39, 0.29) is 25.2 Å². The summed E-state index contributed by atoms with van der Waals surface area (Å²) >= 11 is 5.93. The molecule has 0 aliphatic carbocycles. The van der Waals surface area contributed by atoms with E-state index in [1.807, 2.05) is 13.8 Å². The summed E-state index contributed by atoms with van der Waals surface area (Å²) in [7, 11) is 0. The molecule has 1 aromatic rings. The molecule has 0 fully saturated rings. The van der Waals surface area contributed by atoms with E-state index in [1.54, 1.807) is 18.2 Å². The number of ether oxygens (including phenoxy) is 2. The average molecular weight is 312 g/mol. The Morgan fingerprint density at radius 1 is 1.48 bits per heavy atom. The third kappa shape index (κ3) is 4.36. The van der Waals surface area contributed by atoms with Crippen LogP contribution in [0.2, 0.25) is 5.02 Å². The smallest absolute Gasteiger partial charge is 0.313 e. The van der Waals surface area contributed by atoms with Crippen molar-refractivity contribution in [3.8, 4) is 5.75 Å². The third-order valence-corrected chi connectivity index (χ3v) is 3.29. The SMILES string of the molecule is CC(C)NC(=O)COC(=O)[C@H]1COc2ccc(Cl)cc2C1. The van der Waals surface area contributed by atoms with Gasteiger partial charge in [-0.1, -0.05) is 11.6 Å². The minimum absolute atomic E-state index is 0.0169. The number of hydrogen-bond donors (Lipinski definition) is 1. The molecule has 2 rings (SSSR count). The Bertz CT molecular complexity index is 544. The van der Waals surface area contributed by atoms with Crippen LogP contribution in [0.4, 0.5) is 0 Å². The van der Waals surface area contributed by atoms with Gasteiger partial charge in [-0.2, -0.15) is 0 Å². The molecule has 0 unspecified atom stereocenters. The lowest BCUT2D eigenvalue weighted by molar-refractivity contribution is -0.154. The summed E-state index contributed by atoms with van der Waals surface area (Å²) in [4.78, 5) is 23.4. The van der Waals surface area contributed by atoms with Crippen LogP contribution in [-0.2, 0) is 20.7 Å². The maximum atomic E-state index is 12.0. The zero-order valence-electron chi connectivity index (χ0n) is 12.0. The molecule has 0 bridgehead atoms. The summed E-state index contributed by atoms with van der Waals surface area (Å²) in [5.41, 5.74) is 0.877. The van der Waals surface area contributed by atoms with Gasteiger partial charge in [0.2, 0.25) is 0 Å². The number of carbonyl (C=O) groups excluding carboxylic acids is 2. The topological polar surface area (TPSA) is 64.6 Å². The highest BCUT2D eigenvalue weighted by atomic mass is 35.5. The van der Waals surface area contributed by atoms with Crippen molar-refractivity contribution < 1.29 is 19.1 Å². The molecule has 5 nitrogen and oxygen atoms in total. The van der Waals surface area contributed by atoms with Gasteiger partial charge in [0.05, 0.1) is 5.92 Å². The summed E-state index contributed by atoms with van der Waals surface area (Å²) in [6.45, 7) is 3.67. The zero-order valence-corrected chi connectivity index (χ0v) is 12.8. The molecule has 0 radical (unpaired) electrons. The number of fused-ring (bicyclic) bond motifs is 1. The van der Waals surface area contributed by atoms with Crippen molar-refractivity contribution in [2.45, 2.75) is 26.3 Å². The standard InChI is InChI=1S/C15H18ClNO4/c1-9(2)17-14(18)8-21-15(19)11-5-10-6-12(16)3-4-13(10)20-7-11/h3-4,6,9,11H,5,7-8H2,1-2H3,(H,17,18)/t11-/m1/s1. The van der Waals surface area contributed by atoms with E-state index in [2.05, 4.69) is 5.32 Å². The van der Waals surface area contributed by atoms with Gasteiger partial charge in [-0.15, -0.1) is 0 Å². The molecule has 0 spiro atoms. The van der Waals surface area contributed by atoms with Crippen LogP contribution in [0.15, 0.2) is 18.2 Å². The summed E-state index contributed by atoms with van der Waals surface area (Å²) in [5, 5.41) is 3.26. The quantitative estimate of drug-likeness (QED) is 0.863. The highest BCUT2D eigenvalue weighted by Gasteiger charge is 2.27. The fraction of sp³-hybridized carbons (Fsp3) is 0.467. The molecule has 0 saturated carbocycles. The Balaban J connectivity index is 1.89. The fourth-order valence-corrected chi connectivity index (χ4v) is 2.33. The van der Waals surface area contributed by atoms with Crippen molar-refractivity contribution in [1.82, 2.24) is 5.32 Å². The van der Waals surface area contributed by atoms with Crippen LogP contribution < -0.4 is 10.1 Å². The van der Waals surface area contributed by atoms with Crippen LogP contribution in [0.1, 0.15) is 19.4 Å². The zero-order chi connectivity index (χ0) is 15.4. The minimum Gasteiger partial charge on any atom is -0.492 e. The Labute approximate surface area is 128 Å². The van der Waals surface area contributed by atoms with E-state index in [4.69, 9.17) is 21.1 Å². The fourth-order valence-electron chi connectivity index (χ4n) is 2.13. The first kappa shape index (κ1) is 15.6. The van der Waals surface area contributed by atoms with E-state index in [1.165, 1.54) is 0 Å². The van der Waals surface area contributed by atoms with Gasteiger partial charge in [-0.05, 0) is 44.0 Å². The molecule has 1 aliphatic rings. The number of benzene rings is 1. The number of halogens is 1. The number of amides is 1. The highest BCUT2D eigenvalue weighted by molar-refractivity contribution is 6.30. The van der Waals surface area contributed by atoms with E-state index in [0.29, 0.717) is 11.4 Å². The Morgan fingerprint density at radius 3 is 2.95 bits per heavy atom. The second-order valence-corrected chi connectivity index (χ2v) is 5.73. The second-order valence-electron chi connectivity index (χ2n) is 5.29. The molecule has 21 heavy (non-hydrogen) atoms. The molecular weight excluding hydrogens is 294 g/mol.